The average molecular weight is 483 g/mol. The number of carbonyl (C=O) groups is 1. The molecule has 1 amide bonds. The molecular weight excluding hydrogens is 463 g/mol. The third-order valence-electron chi connectivity index (χ3n) is 6.37. The molecule has 180 valence electrons. The molecule has 0 fully saturated rings. The minimum Gasteiger partial charge on any atom is -0.465 e. The van der Waals surface area contributed by atoms with Crippen LogP contribution >= 0.6 is 0 Å². The van der Waals surface area contributed by atoms with Gasteiger partial charge in [-0.2, -0.15) is 18.2 Å². The van der Waals surface area contributed by atoms with Crippen molar-refractivity contribution in [1.29, 1.82) is 0 Å². The topological polar surface area (TPSA) is 93.3 Å². The van der Waals surface area contributed by atoms with Crippen LogP contribution in [0.25, 0.3) is 27.8 Å². The maximum absolute atomic E-state index is 12.8. The molecule has 8 nitrogen and oxygen atoms in total. The predicted octanol–water partition coefficient (Wildman–Crippen LogP) is 3.88. The molecule has 0 saturated heterocycles. The summed E-state index contributed by atoms with van der Waals surface area (Å²) >= 11 is 0. The van der Waals surface area contributed by atoms with Crippen molar-refractivity contribution in [2.24, 2.45) is 7.05 Å². The van der Waals surface area contributed by atoms with Crippen molar-refractivity contribution in [3.8, 4) is 16.9 Å². The van der Waals surface area contributed by atoms with Crippen molar-refractivity contribution in [2.45, 2.75) is 19.0 Å². The van der Waals surface area contributed by atoms with Gasteiger partial charge >= 0.3 is 18.0 Å². The Morgan fingerprint density at radius 2 is 1.86 bits per heavy atom. The second kappa shape index (κ2) is 8.26. The van der Waals surface area contributed by atoms with Crippen LogP contribution < -0.4 is 5.69 Å². The summed E-state index contributed by atoms with van der Waals surface area (Å²) in [6.45, 7) is 0.843. The van der Waals surface area contributed by atoms with Gasteiger partial charge in [0.05, 0.1) is 16.9 Å². The second-order valence-corrected chi connectivity index (χ2v) is 8.35. The van der Waals surface area contributed by atoms with Crippen LogP contribution in [0.1, 0.15) is 17.0 Å². The molecular formula is C24H20F3N5O3. The van der Waals surface area contributed by atoms with Gasteiger partial charge in [0.25, 0.3) is 0 Å². The number of fused-ring (bicyclic) bond motifs is 3. The van der Waals surface area contributed by atoms with Crippen molar-refractivity contribution in [3.05, 3.63) is 76.2 Å². The summed E-state index contributed by atoms with van der Waals surface area (Å²) in [6.07, 6.45) is -1.69. The van der Waals surface area contributed by atoms with Gasteiger partial charge in [-0.15, -0.1) is 0 Å². The van der Waals surface area contributed by atoms with Crippen molar-refractivity contribution in [3.63, 3.8) is 0 Å². The number of aryl methyl sites for hydroxylation is 1. The van der Waals surface area contributed by atoms with E-state index in [4.69, 9.17) is 0 Å². The maximum atomic E-state index is 12.8. The van der Waals surface area contributed by atoms with Gasteiger partial charge in [0.2, 0.25) is 0 Å². The van der Waals surface area contributed by atoms with Crippen LogP contribution in [-0.2, 0) is 26.1 Å². The van der Waals surface area contributed by atoms with Crippen molar-refractivity contribution >= 4 is 17.0 Å². The van der Waals surface area contributed by atoms with E-state index in [9.17, 15) is 27.9 Å². The van der Waals surface area contributed by atoms with Crippen molar-refractivity contribution < 1.29 is 23.1 Å². The van der Waals surface area contributed by atoms with Gasteiger partial charge in [0, 0.05) is 55.6 Å². The number of amides is 1. The zero-order chi connectivity index (χ0) is 24.9. The number of carboxylic acid groups (broad SMARTS) is 1. The Kier molecular flexibility index (Phi) is 5.34. The Balaban J connectivity index is 1.48. The van der Waals surface area contributed by atoms with Gasteiger partial charge in [-0.25, -0.2) is 9.59 Å². The molecule has 3 aromatic heterocycles. The normalized spacial score (nSPS) is 14.1. The van der Waals surface area contributed by atoms with Crippen LogP contribution in [0.15, 0.2) is 53.6 Å². The average Bonchev–Trinajstić information content (AvgIpc) is 2.96. The molecule has 1 aliphatic heterocycles. The van der Waals surface area contributed by atoms with Gasteiger partial charge in [0.1, 0.15) is 5.69 Å². The highest BCUT2D eigenvalue weighted by Gasteiger charge is 2.32. The molecule has 1 N–H and O–H groups in total. The first kappa shape index (κ1) is 22.6. The molecule has 11 heteroatoms. The van der Waals surface area contributed by atoms with E-state index in [2.05, 4.69) is 9.97 Å². The zero-order valence-corrected chi connectivity index (χ0v) is 18.6. The fraction of sp³-hybridized carbons (Fsp3) is 0.250. The van der Waals surface area contributed by atoms with E-state index in [0.717, 1.165) is 34.4 Å². The fourth-order valence-electron chi connectivity index (χ4n) is 4.57. The Hall–Kier alpha value is -4.15. The molecule has 0 spiro atoms. The molecule has 4 heterocycles. The first-order valence-corrected chi connectivity index (χ1v) is 10.9. The van der Waals surface area contributed by atoms with E-state index in [1.807, 2.05) is 23.7 Å². The number of alkyl halides is 3. The number of hydrogen-bond acceptors (Lipinski definition) is 4. The first-order valence-electron chi connectivity index (χ1n) is 10.9. The largest absolute Gasteiger partial charge is 0.465 e. The predicted molar refractivity (Wildman–Crippen MR) is 122 cm³/mol. The monoisotopic (exact) mass is 483 g/mol. The molecule has 1 aromatic carbocycles. The second-order valence-electron chi connectivity index (χ2n) is 8.35. The molecule has 5 rings (SSSR count). The van der Waals surface area contributed by atoms with Crippen molar-refractivity contribution in [2.75, 3.05) is 13.1 Å². The van der Waals surface area contributed by atoms with E-state index in [1.165, 1.54) is 21.7 Å². The quantitative estimate of drug-likeness (QED) is 0.467. The van der Waals surface area contributed by atoms with Gasteiger partial charge in [0.15, 0.2) is 0 Å². The number of aromatic nitrogens is 4. The van der Waals surface area contributed by atoms with Gasteiger partial charge in [-0.3, -0.25) is 9.55 Å². The van der Waals surface area contributed by atoms with Crippen LogP contribution in [0.2, 0.25) is 0 Å². The van der Waals surface area contributed by atoms with E-state index >= 15 is 0 Å². The molecule has 0 bridgehead atoms. The van der Waals surface area contributed by atoms with E-state index < -0.39 is 23.7 Å². The summed E-state index contributed by atoms with van der Waals surface area (Å²) in [4.78, 5) is 33.0. The van der Waals surface area contributed by atoms with Crippen LogP contribution in [0.4, 0.5) is 18.0 Å². The lowest BCUT2D eigenvalue weighted by Crippen LogP contribution is -2.31. The zero-order valence-electron chi connectivity index (χ0n) is 18.6. The SMILES string of the molecule is Cn1c2c(c3ccc(-n4ccc(-c5ccc(C(F)(F)F)nc5)nc4=O)cc31)CCN(C(=O)O)CC2. The smallest absolute Gasteiger partial charge is 0.433 e. The van der Waals surface area contributed by atoms with Gasteiger partial charge in [-0.05, 0) is 42.3 Å². The Morgan fingerprint density at radius 1 is 1.09 bits per heavy atom. The fourth-order valence-corrected chi connectivity index (χ4v) is 4.57. The summed E-state index contributed by atoms with van der Waals surface area (Å²) in [5.74, 6) is 0. The number of rotatable bonds is 2. The third kappa shape index (κ3) is 4.02. The number of benzene rings is 1. The molecule has 0 atom stereocenters. The molecule has 0 aliphatic carbocycles. The summed E-state index contributed by atoms with van der Waals surface area (Å²) in [5, 5.41) is 10.3. The number of pyridine rings is 1. The molecule has 4 aromatic rings. The third-order valence-corrected chi connectivity index (χ3v) is 6.37. The summed E-state index contributed by atoms with van der Waals surface area (Å²) in [5.41, 5.74) is 2.62. The van der Waals surface area contributed by atoms with Gasteiger partial charge < -0.3 is 14.6 Å². The highest BCUT2D eigenvalue weighted by atomic mass is 19.4. The summed E-state index contributed by atoms with van der Waals surface area (Å²) in [7, 11) is 1.92. The lowest BCUT2D eigenvalue weighted by atomic mass is 10.1. The summed E-state index contributed by atoms with van der Waals surface area (Å²) in [6, 6.07) is 9.23. The molecule has 0 unspecified atom stereocenters. The molecule has 0 saturated carbocycles. The van der Waals surface area contributed by atoms with E-state index in [-0.39, 0.29) is 5.69 Å². The Morgan fingerprint density at radius 3 is 2.51 bits per heavy atom. The van der Waals surface area contributed by atoms with Gasteiger partial charge in [-0.1, -0.05) is 6.07 Å². The lowest BCUT2D eigenvalue weighted by molar-refractivity contribution is -0.141. The van der Waals surface area contributed by atoms with E-state index in [1.54, 1.807) is 12.1 Å². The standard InChI is InChI=1S/C24H20F3N5O3/c1-30-19-8-10-31(23(34)35)9-6-17(19)16-4-3-15(12-20(16)30)32-11-7-18(29-22(32)33)14-2-5-21(28-13-14)24(25,26)27/h2-5,7,11-13H,6,8-10H2,1H3,(H,34,35). The minimum atomic E-state index is -4.54. The maximum Gasteiger partial charge on any atom is 0.433 e. The van der Waals surface area contributed by atoms with E-state index in [0.29, 0.717) is 37.2 Å². The lowest BCUT2D eigenvalue weighted by Gasteiger charge is -2.16. The molecule has 35 heavy (non-hydrogen) atoms. The van der Waals surface area contributed by atoms with Crippen LogP contribution in [0.3, 0.4) is 0 Å². The summed E-state index contributed by atoms with van der Waals surface area (Å²) < 4.78 is 41.6. The first-order chi connectivity index (χ1) is 16.6. The van der Waals surface area contributed by atoms with Crippen molar-refractivity contribution in [1.82, 2.24) is 24.0 Å². The molecule has 1 aliphatic rings. The van der Waals surface area contributed by atoms with Crippen LogP contribution in [0, 0.1) is 0 Å². The Labute approximate surface area is 196 Å². The van der Waals surface area contributed by atoms with Crippen LogP contribution in [-0.4, -0.2) is 48.3 Å². The number of nitrogens with zero attached hydrogens (tertiary/aromatic N) is 5. The van der Waals surface area contributed by atoms with Crippen LogP contribution in [0.5, 0.6) is 0 Å². The Bertz CT molecular complexity index is 1510. The highest BCUT2D eigenvalue weighted by Crippen LogP contribution is 2.31. The highest BCUT2D eigenvalue weighted by molar-refractivity contribution is 5.87. The minimum absolute atomic E-state index is 0.224. The molecule has 0 radical (unpaired) electrons. The number of hydrogen-bond donors (Lipinski definition) is 1. The number of halogens is 3.